The Morgan fingerprint density at radius 3 is 2.94 bits per heavy atom. The molecule has 5 heteroatoms. The van der Waals surface area contributed by atoms with Gasteiger partial charge >= 0.3 is 0 Å². The largest absolute Gasteiger partial charge is 0.371 e. The van der Waals surface area contributed by atoms with Crippen molar-refractivity contribution in [3.05, 3.63) is 16.1 Å². The van der Waals surface area contributed by atoms with E-state index in [0.29, 0.717) is 13.2 Å². The van der Waals surface area contributed by atoms with Gasteiger partial charge in [0.15, 0.2) is 0 Å². The van der Waals surface area contributed by atoms with Gasteiger partial charge in [0.05, 0.1) is 30.0 Å². The molecule has 0 atom stereocenters. The lowest BCUT2D eigenvalue weighted by molar-refractivity contribution is -0.0947. The molecule has 1 aliphatic carbocycles. The Kier molecular flexibility index (Phi) is 3.11. The van der Waals surface area contributed by atoms with Crippen molar-refractivity contribution < 1.29 is 9.53 Å². The first-order valence-corrected chi connectivity index (χ1v) is 7.41. The Labute approximate surface area is 111 Å². The third kappa shape index (κ3) is 2.06. The lowest BCUT2D eigenvalue weighted by Crippen LogP contribution is -2.52. The van der Waals surface area contributed by atoms with Crippen LogP contribution in [0.3, 0.4) is 0 Å². The summed E-state index contributed by atoms with van der Waals surface area (Å²) in [5, 5.41) is 0. The lowest BCUT2D eigenvalue weighted by Gasteiger charge is -2.40. The van der Waals surface area contributed by atoms with Gasteiger partial charge in [0.2, 0.25) is 0 Å². The number of aryl methyl sites for hydroxylation is 1. The van der Waals surface area contributed by atoms with Crippen LogP contribution < -0.4 is 0 Å². The Morgan fingerprint density at radius 2 is 2.28 bits per heavy atom. The highest BCUT2D eigenvalue weighted by molar-refractivity contribution is 7.11. The first-order valence-electron chi connectivity index (χ1n) is 6.54. The third-order valence-corrected chi connectivity index (χ3v) is 4.91. The highest BCUT2D eigenvalue weighted by Gasteiger charge is 2.41. The minimum atomic E-state index is -0.0491. The second kappa shape index (κ2) is 4.63. The number of thiazole rings is 1. The van der Waals surface area contributed by atoms with Crippen LogP contribution in [-0.2, 0) is 4.74 Å². The molecule has 0 unspecified atom stereocenters. The zero-order chi connectivity index (χ0) is 12.6. The van der Waals surface area contributed by atoms with E-state index < -0.39 is 0 Å². The SMILES string of the molecule is Cc1ncsc1C(=O)N1CCOC2(CCCC2)C1. The molecule has 2 fully saturated rings. The maximum absolute atomic E-state index is 12.5. The number of ether oxygens (including phenoxy) is 1. The summed E-state index contributed by atoms with van der Waals surface area (Å²) in [5.41, 5.74) is 2.54. The summed E-state index contributed by atoms with van der Waals surface area (Å²) < 4.78 is 5.95. The van der Waals surface area contributed by atoms with Crippen molar-refractivity contribution in [1.82, 2.24) is 9.88 Å². The molecule has 18 heavy (non-hydrogen) atoms. The van der Waals surface area contributed by atoms with Gasteiger partial charge < -0.3 is 9.64 Å². The van der Waals surface area contributed by atoms with E-state index in [0.717, 1.165) is 30.0 Å². The van der Waals surface area contributed by atoms with Crippen LogP contribution in [0.25, 0.3) is 0 Å². The predicted molar refractivity (Wildman–Crippen MR) is 69.9 cm³/mol. The van der Waals surface area contributed by atoms with Gasteiger partial charge in [0.25, 0.3) is 5.91 Å². The van der Waals surface area contributed by atoms with E-state index in [4.69, 9.17) is 4.74 Å². The zero-order valence-corrected chi connectivity index (χ0v) is 11.5. The number of nitrogens with zero attached hydrogens (tertiary/aromatic N) is 2. The predicted octanol–water partition coefficient (Wildman–Crippen LogP) is 2.24. The van der Waals surface area contributed by atoms with E-state index in [9.17, 15) is 4.79 Å². The molecule has 2 aliphatic rings. The van der Waals surface area contributed by atoms with Crippen molar-refractivity contribution in [3.63, 3.8) is 0 Å². The van der Waals surface area contributed by atoms with Crippen molar-refractivity contribution in [2.24, 2.45) is 0 Å². The van der Waals surface area contributed by atoms with E-state index in [2.05, 4.69) is 4.98 Å². The van der Waals surface area contributed by atoms with Gasteiger partial charge in [-0.1, -0.05) is 12.8 Å². The fourth-order valence-corrected chi connectivity index (χ4v) is 3.76. The van der Waals surface area contributed by atoms with Crippen molar-refractivity contribution in [1.29, 1.82) is 0 Å². The second-order valence-electron chi connectivity index (χ2n) is 5.23. The minimum absolute atomic E-state index is 0.0491. The zero-order valence-electron chi connectivity index (χ0n) is 10.6. The van der Waals surface area contributed by atoms with E-state index >= 15 is 0 Å². The van der Waals surface area contributed by atoms with Crippen molar-refractivity contribution >= 4 is 17.2 Å². The number of carbonyl (C=O) groups excluding carboxylic acids is 1. The van der Waals surface area contributed by atoms with Crippen LogP contribution in [0.5, 0.6) is 0 Å². The average molecular weight is 266 g/mol. The number of amides is 1. The van der Waals surface area contributed by atoms with Crippen LogP contribution in [-0.4, -0.2) is 41.1 Å². The smallest absolute Gasteiger partial charge is 0.266 e. The molecule has 0 N–H and O–H groups in total. The Hall–Kier alpha value is -0.940. The summed E-state index contributed by atoms with van der Waals surface area (Å²) in [6, 6.07) is 0. The standard InChI is InChI=1S/C13H18N2O2S/c1-10-11(18-9-14-10)12(16)15-6-7-17-13(8-15)4-2-3-5-13/h9H,2-8H2,1H3. The van der Waals surface area contributed by atoms with Gasteiger partial charge in [-0.15, -0.1) is 11.3 Å². The van der Waals surface area contributed by atoms with Gasteiger partial charge in [0.1, 0.15) is 4.88 Å². The molecule has 1 spiro atoms. The summed E-state index contributed by atoms with van der Waals surface area (Å²) in [4.78, 5) is 19.4. The van der Waals surface area contributed by atoms with Crippen molar-refractivity contribution in [2.45, 2.75) is 38.2 Å². The molecule has 0 radical (unpaired) electrons. The van der Waals surface area contributed by atoms with Crippen LogP contribution in [0.15, 0.2) is 5.51 Å². The number of hydrogen-bond donors (Lipinski definition) is 0. The van der Waals surface area contributed by atoms with Gasteiger partial charge in [0, 0.05) is 6.54 Å². The fourth-order valence-electron chi connectivity index (χ4n) is 2.99. The maximum atomic E-state index is 12.5. The summed E-state index contributed by atoms with van der Waals surface area (Å²) in [6.07, 6.45) is 4.64. The third-order valence-electron chi connectivity index (χ3n) is 3.99. The first-order chi connectivity index (χ1) is 8.70. The molecule has 1 saturated heterocycles. The van der Waals surface area contributed by atoms with E-state index in [1.165, 1.54) is 24.2 Å². The molecule has 1 aromatic rings. The number of rotatable bonds is 1. The number of morpholine rings is 1. The van der Waals surface area contributed by atoms with Crippen LogP contribution in [0.1, 0.15) is 41.0 Å². The Balaban J connectivity index is 1.76. The van der Waals surface area contributed by atoms with E-state index in [-0.39, 0.29) is 11.5 Å². The number of carbonyl (C=O) groups is 1. The highest BCUT2D eigenvalue weighted by Crippen LogP contribution is 2.36. The number of hydrogen-bond acceptors (Lipinski definition) is 4. The van der Waals surface area contributed by atoms with Gasteiger partial charge in [-0.05, 0) is 19.8 Å². The molecule has 2 heterocycles. The van der Waals surface area contributed by atoms with E-state index in [1.807, 2.05) is 11.8 Å². The molecule has 0 aromatic carbocycles. The molecule has 0 bridgehead atoms. The fraction of sp³-hybridized carbons (Fsp3) is 0.692. The van der Waals surface area contributed by atoms with Crippen LogP contribution in [0.4, 0.5) is 0 Å². The summed E-state index contributed by atoms with van der Waals surface area (Å²) in [6.45, 7) is 4.03. The number of aromatic nitrogens is 1. The van der Waals surface area contributed by atoms with Gasteiger partial charge in [-0.2, -0.15) is 0 Å². The molecular weight excluding hydrogens is 248 g/mol. The summed E-state index contributed by atoms with van der Waals surface area (Å²) in [7, 11) is 0. The minimum Gasteiger partial charge on any atom is -0.371 e. The van der Waals surface area contributed by atoms with Crippen LogP contribution in [0, 0.1) is 6.92 Å². The topological polar surface area (TPSA) is 42.4 Å². The Bertz CT molecular complexity index is 452. The van der Waals surface area contributed by atoms with Crippen molar-refractivity contribution in [3.8, 4) is 0 Å². The molecular formula is C13H18N2O2S. The van der Waals surface area contributed by atoms with Crippen LogP contribution in [0.2, 0.25) is 0 Å². The molecule has 4 nitrogen and oxygen atoms in total. The van der Waals surface area contributed by atoms with Crippen LogP contribution >= 0.6 is 11.3 Å². The molecule has 1 aliphatic heterocycles. The van der Waals surface area contributed by atoms with E-state index in [1.54, 1.807) is 5.51 Å². The molecule has 98 valence electrons. The van der Waals surface area contributed by atoms with Crippen molar-refractivity contribution in [2.75, 3.05) is 19.7 Å². The quantitative estimate of drug-likeness (QED) is 0.783. The monoisotopic (exact) mass is 266 g/mol. The molecule has 1 amide bonds. The molecule has 3 rings (SSSR count). The first kappa shape index (κ1) is 12.1. The average Bonchev–Trinajstić information content (AvgIpc) is 2.98. The molecule has 1 saturated carbocycles. The second-order valence-corrected chi connectivity index (χ2v) is 6.09. The van der Waals surface area contributed by atoms with Gasteiger partial charge in [-0.25, -0.2) is 4.98 Å². The highest BCUT2D eigenvalue weighted by atomic mass is 32.1. The molecule has 1 aromatic heterocycles. The Morgan fingerprint density at radius 1 is 1.50 bits per heavy atom. The normalized spacial score (nSPS) is 22.6. The summed E-state index contributed by atoms with van der Waals surface area (Å²) in [5.74, 6) is 0.129. The lowest BCUT2D eigenvalue weighted by atomic mass is 9.99. The van der Waals surface area contributed by atoms with Gasteiger partial charge in [-0.3, -0.25) is 4.79 Å². The maximum Gasteiger partial charge on any atom is 0.266 e. The summed E-state index contributed by atoms with van der Waals surface area (Å²) >= 11 is 1.44.